The summed E-state index contributed by atoms with van der Waals surface area (Å²) in [6.45, 7) is 0. The average Bonchev–Trinajstić information content (AvgIpc) is 2.31. The van der Waals surface area contributed by atoms with E-state index in [1.54, 1.807) is 12.3 Å². The van der Waals surface area contributed by atoms with E-state index in [2.05, 4.69) is 20.9 Å². The SMILES string of the molecule is NC(=S)c1cc(F)ccc1Oc1cncc(Br)c1. The van der Waals surface area contributed by atoms with Crippen molar-refractivity contribution in [2.75, 3.05) is 0 Å². The highest BCUT2D eigenvalue weighted by Crippen LogP contribution is 2.27. The second-order valence-corrected chi connectivity index (χ2v) is 4.80. The molecule has 0 aliphatic carbocycles. The number of pyridine rings is 1. The second kappa shape index (κ2) is 5.41. The summed E-state index contributed by atoms with van der Waals surface area (Å²) >= 11 is 8.14. The van der Waals surface area contributed by atoms with Crippen molar-refractivity contribution in [3.8, 4) is 11.5 Å². The van der Waals surface area contributed by atoms with Crippen LogP contribution in [0, 0.1) is 5.82 Å². The minimum atomic E-state index is -0.419. The Labute approximate surface area is 117 Å². The van der Waals surface area contributed by atoms with Crippen molar-refractivity contribution in [2.45, 2.75) is 0 Å². The second-order valence-electron chi connectivity index (χ2n) is 3.45. The smallest absolute Gasteiger partial charge is 0.146 e. The highest BCUT2D eigenvalue weighted by molar-refractivity contribution is 9.10. The first-order valence-corrected chi connectivity index (χ1v) is 6.14. The fourth-order valence-electron chi connectivity index (χ4n) is 1.36. The van der Waals surface area contributed by atoms with Crippen molar-refractivity contribution in [3.63, 3.8) is 0 Å². The molecule has 18 heavy (non-hydrogen) atoms. The van der Waals surface area contributed by atoms with Gasteiger partial charge in [0.15, 0.2) is 0 Å². The Bertz CT molecular complexity index is 606. The van der Waals surface area contributed by atoms with Crippen LogP contribution in [0.3, 0.4) is 0 Å². The normalized spacial score (nSPS) is 10.1. The van der Waals surface area contributed by atoms with Gasteiger partial charge < -0.3 is 10.5 Å². The summed E-state index contributed by atoms with van der Waals surface area (Å²) in [6.07, 6.45) is 3.17. The van der Waals surface area contributed by atoms with Gasteiger partial charge in [0.25, 0.3) is 0 Å². The van der Waals surface area contributed by atoms with Gasteiger partial charge in [-0.2, -0.15) is 0 Å². The predicted octanol–water partition coefficient (Wildman–Crippen LogP) is 3.41. The zero-order valence-electron chi connectivity index (χ0n) is 9.06. The number of halogens is 2. The molecule has 2 N–H and O–H groups in total. The number of ether oxygens (including phenoxy) is 1. The Kier molecular flexibility index (Phi) is 3.88. The molecule has 92 valence electrons. The standard InChI is InChI=1S/C12H8BrFN2OS/c13-7-3-9(6-16-5-7)17-11-2-1-8(14)4-10(11)12(15)18/h1-6H,(H2,15,18). The van der Waals surface area contributed by atoms with Crippen LogP contribution < -0.4 is 10.5 Å². The molecule has 0 aliphatic rings. The van der Waals surface area contributed by atoms with Crippen molar-refractivity contribution < 1.29 is 9.13 Å². The zero-order chi connectivity index (χ0) is 13.1. The lowest BCUT2D eigenvalue weighted by Crippen LogP contribution is -2.11. The van der Waals surface area contributed by atoms with Crippen molar-refractivity contribution in [2.24, 2.45) is 5.73 Å². The number of thiocarbonyl (C=S) groups is 1. The average molecular weight is 327 g/mol. The maximum Gasteiger partial charge on any atom is 0.146 e. The minimum absolute atomic E-state index is 0.0763. The Balaban J connectivity index is 2.37. The van der Waals surface area contributed by atoms with Gasteiger partial charge in [0, 0.05) is 10.7 Å². The molecule has 1 aromatic carbocycles. The molecule has 2 aromatic rings. The van der Waals surface area contributed by atoms with Crippen LogP contribution >= 0.6 is 28.1 Å². The van der Waals surface area contributed by atoms with E-state index in [0.717, 1.165) is 4.47 Å². The van der Waals surface area contributed by atoms with E-state index in [-0.39, 0.29) is 4.99 Å². The van der Waals surface area contributed by atoms with E-state index in [4.69, 9.17) is 22.7 Å². The molecule has 3 nitrogen and oxygen atoms in total. The van der Waals surface area contributed by atoms with E-state index < -0.39 is 5.82 Å². The number of rotatable bonds is 3. The third kappa shape index (κ3) is 3.02. The maximum atomic E-state index is 13.1. The molecule has 2 rings (SSSR count). The number of hydrogen-bond donors (Lipinski definition) is 1. The molecule has 0 saturated carbocycles. The van der Waals surface area contributed by atoms with Gasteiger partial charge in [-0.25, -0.2) is 4.39 Å². The number of nitrogens with zero attached hydrogens (tertiary/aromatic N) is 1. The van der Waals surface area contributed by atoms with Crippen LogP contribution in [0.2, 0.25) is 0 Å². The van der Waals surface area contributed by atoms with Crippen LogP contribution in [0.1, 0.15) is 5.56 Å². The number of hydrogen-bond acceptors (Lipinski definition) is 3. The van der Waals surface area contributed by atoms with Gasteiger partial charge in [0.1, 0.15) is 22.3 Å². The fraction of sp³-hybridized carbons (Fsp3) is 0. The Morgan fingerprint density at radius 3 is 2.78 bits per heavy atom. The Hall–Kier alpha value is -1.53. The molecular weight excluding hydrogens is 319 g/mol. The van der Waals surface area contributed by atoms with E-state index in [9.17, 15) is 4.39 Å². The lowest BCUT2D eigenvalue weighted by Gasteiger charge is -2.10. The molecule has 0 fully saturated rings. The van der Waals surface area contributed by atoms with Crippen molar-refractivity contribution in [1.82, 2.24) is 4.98 Å². The van der Waals surface area contributed by atoms with Crippen LogP contribution in [0.15, 0.2) is 41.1 Å². The molecular formula is C12H8BrFN2OS. The summed E-state index contributed by atoms with van der Waals surface area (Å²) in [7, 11) is 0. The third-order valence-corrected chi connectivity index (χ3v) is 2.77. The molecule has 0 unspecified atom stereocenters. The number of benzene rings is 1. The summed E-state index contributed by atoms with van der Waals surface area (Å²) in [6, 6.07) is 5.73. The van der Waals surface area contributed by atoms with Gasteiger partial charge >= 0.3 is 0 Å². The van der Waals surface area contributed by atoms with Gasteiger partial charge in [-0.15, -0.1) is 0 Å². The Morgan fingerprint density at radius 2 is 2.11 bits per heavy atom. The molecule has 6 heteroatoms. The predicted molar refractivity (Wildman–Crippen MR) is 74.3 cm³/mol. The van der Waals surface area contributed by atoms with Gasteiger partial charge in [0.05, 0.1) is 11.8 Å². The maximum absolute atomic E-state index is 13.1. The molecule has 0 aliphatic heterocycles. The van der Waals surface area contributed by atoms with Gasteiger partial charge in [-0.3, -0.25) is 4.98 Å². The monoisotopic (exact) mass is 326 g/mol. The lowest BCUT2D eigenvalue weighted by molar-refractivity contribution is 0.477. The van der Waals surface area contributed by atoms with Crippen molar-refractivity contribution in [1.29, 1.82) is 0 Å². The molecule has 0 amide bonds. The quantitative estimate of drug-likeness (QED) is 0.878. The van der Waals surface area contributed by atoms with Crippen LogP contribution in [0.5, 0.6) is 11.5 Å². The summed E-state index contributed by atoms with van der Waals surface area (Å²) < 4.78 is 19.5. The summed E-state index contributed by atoms with van der Waals surface area (Å²) in [5.74, 6) is 0.481. The minimum Gasteiger partial charge on any atom is -0.455 e. The van der Waals surface area contributed by atoms with E-state index >= 15 is 0 Å². The summed E-state index contributed by atoms with van der Waals surface area (Å²) in [5, 5.41) is 0. The Morgan fingerprint density at radius 1 is 1.33 bits per heavy atom. The summed E-state index contributed by atoms with van der Waals surface area (Å²) in [4.78, 5) is 4.04. The van der Waals surface area contributed by atoms with E-state index in [0.29, 0.717) is 17.1 Å². The van der Waals surface area contributed by atoms with Crippen LogP contribution in [0.4, 0.5) is 4.39 Å². The first kappa shape index (κ1) is 12.9. The largest absolute Gasteiger partial charge is 0.455 e. The van der Waals surface area contributed by atoms with E-state index in [1.807, 2.05) is 0 Å². The summed E-state index contributed by atoms with van der Waals surface area (Å²) in [5.41, 5.74) is 5.88. The zero-order valence-corrected chi connectivity index (χ0v) is 11.5. The van der Waals surface area contributed by atoms with Crippen LogP contribution in [0.25, 0.3) is 0 Å². The molecule has 1 aromatic heterocycles. The van der Waals surface area contributed by atoms with Gasteiger partial charge in [-0.05, 0) is 40.2 Å². The first-order valence-electron chi connectivity index (χ1n) is 4.94. The molecule has 0 bridgehead atoms. The topological polar surface area (TPSA) is 48.1 Å². The number of aromatic nitrogens is 1. The van der Waals surface area contributed by atoms with Gasteiger partial charge in [0.2, 0.25) is 0 Å². The molecule has 1 heterocycles. The third-order valence-electron chi connectivity index (χ3n) is 2.11. The van der Waals surface area contributed by atoms with E-state index in [1.165, 1.54) is 24.4 Å². The van der Waals surface area contributed by atoms with Crippen molar-refractivity contribution in [3.05, 3.63) is 52.5 Å². The highest BCUT2D eigenvalue weighted by atomic mass is 79.9. The highest BCUT2D eigenvalue weighted by Gasteiger charge is 2.09. The number of nitrogens with two attached hydrogens (primary N) is 1. The molecule has 0 saturated heterocycles. The van der Waals surface area contributed by atoms with Crippen LogP contribution in [-0.2, 0) is 0 Å². The van der Waals surface area contributed by atoms with Crippen molar-refractivity contribution >= 4 is 33.1 Å². The molecule has 0 radical (unpaired) electrons. The lowest BCUT2D eigenvalue weighted by atomic mass is 10.2. The van der Waals surface area contributed by atoms with Crippen LogP contribution in [-0.4, -0.2) is 9.97 Å². The first-order chi connectivity index (χ1) is 8.56. The molecule has 0 atom stereocenters. The van der Waals surface area contributed by atoms with Gasteiger partial charge in [-0.1, -0.05) is 12.2 Å². The fourth-order valence-corrected chi connectivity index (χ4v) is 1.86. The molecule has 0 spiro atoms.